The third-order valence-electron chi connectivity index (χ3n) is 2.16. The zero-order chi connectivity index (χ0) is 11.4. The van der Waals surface area contributed by atoms with E-state index in [2.05, 4.69) is 12.0 Å². The highest BCUT2D eigenvalue weighted by atomic mass is 35.5. The fourth-order valence-corrected chi connectivity index (χ4v) is 1.61. The van der Waals surface area contributed by atoms with Crippen molar-refractivity contribution in [3.63, 3.8) is 0 Å². The Morgan fingerprint density at radius 3 is 2.73 bits per heavy atom. The highest BCUT2D eigenvalue weighted by molar-refractivity contribution is 6.30. The van der Waals surface area contributed by atoms with Crippen molar-refractivity contribution < 1.29 is 4.74 Å². The van der Waals surface area contributed by atoms with Gasteiger partial charge in [0.05, 0.1) is 13.2 Å². The minimum absolute atomic E-state index is 0.154. The Bertz CT molecular complexity index is 366. The Hall–Kier alpha value is -1.03. The molecule has 0 spiro atoms. The maximum atomic E-state index is 5.93. The minimum atomic E-state index is -0.154. The summed E-state index contributed by atoms with van der Waals surface area (Å²) < 4.78 is 5.24. The lowest BCUT2D eigenvalue weighted by Gasteiger charge is -2.19. The molecule has 82 valence electrons. The normalized spacial score (nSPS) is 12.3. The fourth-order valence-electron chi connectivity index (χ4n) is 1.43. The molecule has 0 amide bonds. The third kappa shape index (κ3) is 2.72. The van der Waals surface area contributed by atoms with Gasteiger partial charge in [0.25, 0.3) is 0 Å². The van der Waals surface area contributed by atoms with Crippen molar-refractivity contribution in [1.29, 1.82) is 0 Å². The van der Waals surface area contributed by atoms with Crippen LogP contribution in [-0.4, -0.2) is 7.11 Å². The number of halogens is 1. The smallest absolute Gasteiger partial charge is 0.124 e. The van der Waals surface area contributed by atoms with Gasteiger partial charge in [-0.05, 0) is 25.1 Å². The predicted molar refractivity (Wildman–Crippen MR) is 62.9 cm³/mol. The lowest BCUT2D eigenvalue weighted by molar-refractivity contribution is 0.404. The van der Waals surface area contributed by atoms with Crippen LogP contribution in [0, 0.1) is 0 Å². The van der Waals surface area contributed by atoms with E-state index in [0.29, 0.717) is 5.02 Å². The van der Waals surface area contributed by atoms with Crippen LogP contribution >= 0.6 is 11.6 Å². The van der Waals surface area contributed by atoms with Gasteiger partial charge in [-0.25, -0.2) is 5.43 Å². The monoisotopic (exact) mass is 226 g/mol. The van der Waals surface area contributed by atoms with Crippen molar-refractivity contribution in [2.24, 2.45) is 5.84 Å². The van der Waals surface area contributed by atoms with Gasteiger partial charge in [0, 0.05) is 10.6 Å². The summed E-state index contributed by atoms with van der Waals surface area (Å²) in [6.45, 7) is 5.76. The number of hydrogen-bond acceptors (Lipinski definition) is 3. The molecule has 0 fully saturated rings. The molecule has 1 aromatic rings. The molecule has 0 aliphatic heterocycles. The quantitative estimate of drug-likeness (QED) is 0.471. The summed E-state index contributed by atoms with van der Waals surface area (Å²) in [4.78, 5) is 0. The first-order chi connectivity index (χ1) is 7.10. The van der Waals surface area contributed by atoms with Crippen LogP contribution in [0.3, 0.4) is 0 Å². The number of nitrogens with two attached hydrogens (primary N) is 1. The first-order valence-electron chi connectivity index (χ1n) is 4.55. The van der Waals surface area contributed by atoms with Crippen LogP contribution in [0.4, 0.5) is 0 Å². The summed E-state index contributed by atoms with van der Waals surface area (Å²) in [7, 11) is 1.61. The lowest BCUT2D eigenvalue weighted by atomic mass is 10.0. The second-order valence-electron chi connectivity index (χ2n) is 3.33. The van der Waals surface area contributed by atoms with Gasteiger partial charge in [-0.1, -0.05) is 23.8 Å². The third-order valence-corrected chi connectivity index (χ3v) is 2.40. The summed E-state index contributed by atoms with van der Waals surface area (Å²) in [5, 5.41) is 0.646. The SMILES string of the molecule is C=C(C)C(NN)c1cc(Cl)ccc1OC. The summed E-state index contributed by atoms with van der Waals surface area (Å²) >= 11 is 5.93. The first kappa shape index (κ1) is 12.0. The van der Waals surface area contributed by atoms with Gasteiger partial charge in [-0.15, -0.1) is 0 Å². The van der Waals surface area contributed by atoms with Gasteiger partial charge in [-0.2, -0.15) is 0 Å². The largest absolute Gasteiger partial charge is 0.496 e. The minimum Gasteiger partial charge on any atom is -0.496 e. The first-order valence-corrected chi connectivity index (χ1v) is 4.93. The molecule has 0 bridgehead atoms. The van der Waals surface area contributed by atoms with E-state index >= 15 is 0 Å². The number of nitrogens with one attached hydrogen (secondary N) is 1. The van der Waals surface area contributed by atoms with Crippen molar-refractivity contribution in [2.75, 3.05) is 7.11 Å². The summed E-state index contributed by atoms with van der Waals surface area (Å²) in [6.07, 6.45) is 0. The highest BCUT2D eigenvalue weighted by Crippen LogP contribution is 2.30. The van der Waals surface area contributed by atoms with Crippen LogP contribution in [-0.2, 0) is 0 Å². The van der Waals surface area contributed by atoms with E-state index in [1.165, 1.54) is 0 Å². The summed E-state index contributed by atoms with van der Waals surface area (Å²) in [6, 6.07) is 5.25. The number of hydrazine groups is 1. The standard InChI is InChI=1S/C11H15ClN2O/c1-7(2)11(14-13)9-6-8(12)4-5-10(9)15-3/h4-6,11,14H,1,13H2,2-3H3. The van der Waals surface area contributed by atoms with E-state index in [0.717, 1.165) is 16.9 Å². The second-order valence-corrected chi connectivity index (χ2v) is 3.77. The van der Waals surface area contributed by atoms with Crippen molar-refractivity contribution in [2.45, 2.75) is 13.0 Å². The van der Waals surface area contributed by atoms with Crippen LogP contribution in [0.5, 0.6) is 5.75 Å². The molecule has 0 aromatic heterocycles. The van der Waals surface area contributed by atoms with Crippen LogP contribution < -0.4 is 16.0 Å². The topological polar surface area (TPSA) is 47.3 Å². The molecule has 0 saturated carbocycles. The van der Waals surface area contributed by atoms with Crippen LogP contribution in [0.15, 0.2) is 30.4 Å². The van der Waals surface area contributed by atoms with Crippen LogP contribution in [0.25, 0.3) is 0 Å². The Balaban J connectivity index is 3.19. The number of rotatable bonds is 4. The van der Waals surface area contributed by atoms with Gasteiger partial charge in [0.1, 0.15) is 5.75 Å². The average Bonchev–Trinajstić information content (AvgIpc) is 2.18. The number of methoxy groups -OCH3 is 1. The molecule has 1 unspecified atom stereocenters. The molecule has 0 heterocycles. The average molecular weight is 227 g/mol. The Morgan fingerprint density at radius 1 is 1.60 bits per heavy atom. The van der Waals surface area contributed by atoms with E-state index in [9.17, 15) is 0 Å². The summed E-state index contributed by atoms with van der Waals surface area (Å²) in [5.74, 6) is 6.21. The van der Waals surface area contributed by atoms with Crippen LogP contribution in [0.1, 0.15) is 18.5 Å². The summed E-state index contributed by atoms with van der Waals surface area (Å²) in [5.41, 5.74) is 4.47. The van der Waals surface area contributed by atoms with Gasteiger partial charge < -0.3 is 4.74 Å². The maximum Gasteiger partial charge on any atom is 0.124 e. The fraction of sp³-hybridized carbons (Fsp3) is 0.273. The molecular weight excluding hydrogens is 212 g/mol. The highest BCUT2D eigenvalue weighted by Gasteiger charge is 2.15. The zero-order valence-electron chi connectivity index (χ0n) is 8.88. The van der Waals surface area contributed by atoms with Crippen molar-refractivity contribution >= 4 is 11.6 Å². The molecule has 3 N–H and O–H groups in total. The van der Waals surface area contributed by atoms with E-state index in [1.807, 2.05) is 19.1 Å². The van der Waals surface area contributed by atoms with E-state index in [1.54, 1.807) is 13.2 Å². The Kier molecular flexibility index (Phi) is 4.15. The molecular formula is C11H15ClN2O. The van der Waals surface area contributed by atoms with E-state index < -0.39 is 0 Å². The molecule has 1 rings (SSSR count). The molecule has 15 heavy (non-hydrogen) atoms. The van der Waals surface area contributed by atoms with Gasteiger partial charge in [0.2, 0.25) is 0 Å². The predicted octanol–water partition coefficient (Wildman–Crippen LogP) is 2.43. The molecule has 0 aliphatic carbocycles. The molecule has 0 radical (unpaired) electrons. The molecule has 3 nitrogen and oxygen atoms in total. The zero-order valence-corrected chi connectivity index (χ0v) is 9.64. The lowest BCUT2D eigenvalue weighted by Crippen LogP contribution is -2.28. The Morgan fingerprint density at radius 2 is 2.27 bits per heavy atom. The van der Waals surface area contributed by atoms with E-state index in [4.69, 9.17) is 22.2 Å². The molecule has 0 saturated heterocycles. The molecule has 0 aliphatic rings. The maximum absolute atomic E-state index is 5.93. The molecule has 1 atom stereocenters. The number of ether oxygens (including phenoxy) is 1. The van der Waals surface area contributed by atoms with Crippen LogP contribution in [0.2, 0.25) is 5.02 Å². The van der Waals surface area contributed by atoms with Gasteiger partial charge in [0.15, 0.2) is 0 Å². The number of hydrogen-bond donors (Lipinski definition) is 2. The van der Waals surface area contributed by atoms with Crippen molar-refractivity contribution in [3.8, 4) is 5.75 Å². The number of benzene rings is 1. The second kappa shape index (κ2) is 5.16. The Labute approximate surface area is 94.8 Å². The van der Waals surface area contributed by atoms with Crippen molar-refractivity contribution in [1.82, 2.24) is 5.43 Å². The van der Waals surface area contributed by atoms with E-state index in [-0.39, 0.29) is 6.04 Å². The van der Waals surface area contributed by atoms with Crippen molar-refractivity contribution in [3.05, 3.63) is 40.9 Å². The molecule has 1 aromatic carbocycles. The van der Waals surface area contributed by atoms with Gasteiger partial charge in [-0.3, -0.25) is 5.84 Å². The molecule has 4 heteroatoms. The van der Waals surface area contributed by atoms with Gasteiger partial charge >= 0.3 is 0 Å².